The first-order valence-corrected chi connectivity index (χ1v) is 10.1. The van der Waals surface area contributed by atoms with Crippen LogP contribution in [-0.4, -0.2) is 16.1 Å². The second-order valence-corrected chi connectivity index (χ2v) is 7.67. The minimum atomic E-state index is -5.07. The number of anilines is 1. The molecule has 0 aliphatic heterocycles. The summed E-state index contributed by atoms with van der Waals surface area (Å²) in [6.45, 7) is 0. The van der Waals surface area contributed by atoms with Crippen molar-refractivity contribution in [2.75, 3.05) is 5.32 Å². The summed E-state index contributed by atoms with van der Waals surface area (Å²) in [5.74, 6) is -1.13. The first kappa shape index (κ1) is 24.0. The molecule has 11 heteroatoms. The first-order valence-electron chi connectivity index (χ1n) is 10.1. The van der Waals surface area contributed by atoms with Gasteiger partial charge in [-0.15, -0.1) is 0 Å². The van der Waals surface area contributed by atoms with Crippen LogP contribution in [0.25, 0.3) is 10.8 Å². The summed E-state index contributed by atoms with van der Waals surface area (Å²) >= 11 is 0. The molecule has 3 aromatic carbocycles. The maximum Gasteiger partial charge on any atom is 0.416 e. The van der Waals surface area contributed by atoms with E-state index in [4.69, 9.17) is 0 Å². The van der Waals surface area contributed by atoms with Crippen molar-refractivity contribution in [2.24, 2.45) is 0 Å². The minimum absolute atomic E-state index is 0.0427. The lowest BCUT2D eigenvalue weighted by atomic mass is 10.0. The van der Waals surface area contributed by atoms with E-state index in [1.54, 1.807) is 36.4 Å². The van der Waals surface area contributed by atoms with Crippen LogP contribution in [0, 0.1) is 0 Å². The smallest absolute Gasteiger partial charge is 0.322 e. The lowest BCUT2D eigenvalue weighted by molar-refractivity contribution is -0.143. The molecule has 1 aromatic heterocycles. The highest BCUT2D eigenvalue weighted by Gasteiger charge is 2.37. The van der Waals surface area contributed by atoms with Gasteiger partial charge < -0.3 is 5.32 Å². The predicted octanol–water partition coefficient (Wildman–Crippen LogP) is 5.80. The van der Waals surface area contributed by atoms with Crippen molar-refractivity contribution < 1.29 is 31.1 Å². The summed E-state index contributed by atoms with van der Waals surface area (Å²) in [7, 11) is 0. The first-order chi connectivity index (χ1) is 16.4. The zero-order chi connectivity index (χ0) is 25.4. The van der Waals surface area contributed by atoms with Gasteiger partial charge in [0.2, 0.25) is 0 Å². The molecule has 4 aromatic rings. The van der Waals surface area contributed by atoms with Gasteiger partial charge in [0.1, 0.15) is 0 Å². The third kappa shape index (κ3) is 5.34. The second kappa shape index (κ2) is 8.90. The molecule has 0 spiro atoms. The molecule has 180 valence electrons. The Balaban J connectivity index is 1.62. The zero-order valence-electron chi connectivity index (χ0n) is 17.6. The van der Waals surface area contributed by atoms with Crippen LogP contribution >= 0.6 is 0 Å². The quantitative estimate of drug-likeness (QED) is 0.354. The summed E-state index contributed by atoms with van der Waals surface area (Å²) in [5, 5.41) is 9.87. The van der Waals surface area contributed by atoms with E-state index < -0.39 is 35.0 Å². The number of hydrogen-bond donors (Lipinski definition) is 2. The monoisotopic (exact) mass is 491 g/mol. The Hall–Kier alpha value is -4.15. The number of nitrogens with zero attached hydrogens (tertiary/aromatic N) is 1. The van der Waals surface area contributed by atoms with Gasteiger partial charge in [0.15, 0.2) is 0 Å². The molecule has 0 radical (unpaired) electrons. The Morgan fingerprint density at radius 2 is 1.46 bits per heavy atom. The molecule has 0 unspecified atom stereocenters. The van der Waals surface area contributed by atoms with Crippen LogP contribution < -0.4 is 10.9 Å². The van der Waals surface area contributed by atoms with Crippen LogP contribution in [0.4, 0.5) is 32.0 Å². The molecule has 1 amide bonds. The van der Waals surface area contributed by atoms with Gasteiger partial charge >= 0.3 is 12.4 Å². The van der Waals surface area contributed by atoms with Crippen LogP contribution in [0.2, 0.25) is 0 Å². The fourth-order valence-corrected chi connectivity index (χ4v) is 3.55. The molecule has 0 aliphatic carbocycles. The second-order valence-electron chi connectivity index (χ2n) is 7.67. The molecule has 5 nitrogen and oxygen atoms in total. The van der Waals surface area contributed by atoms with Gasteiger partial charge in [0.25, 0.3) is 11.5 Å². The van der Waals surface area contributed by atoms with Crippen LogP contribution in [0.1, 0.15) is 32.7 Å². The summed E-state index contributed by atoms with van der Waals surface area (Å²) in [4.78, 5) is 24.5. The number of carbonyl (C=O) groups excluding carboxylic acids is 1. The molecule has 0 saturated heterocycles. The highest BCUT2D eigenvalue weighted by molar-refractivity contribution is 6.04. The lowest BCUT2D eigenvalue weighted by Crippen LogP contribution is -2.17. The Kier molecular flexibility index (Phi) is 6.10. The van der Waals surface area contributed by atoms with E-state index in [2.05, 4.69) is 15.5 Å². The SMILES string of the molecule is O=C(Nc1cccc(Cc2n[nH]c(=O)c3ccccc23)c1)c1cc(C(F)(F)F)cc(C(F)(F)F)c1. The number of rotatable bonds is 4. The van der Waals surface area contributed by atoms with Gasteiger partial charge in [-0.3, -0.25) is 9.59 Å². The van der Waals surface area contributed by atoms with Crippen molar-refractivity contribution in [3.8, 4) is 0 Å². The molecule has 2 N–H and O–H groups in total. The van der Waals surface area contributed by atoms with Gasteiger partial charge in [-0.05, 0) is 42.0 Å². The Morgan fingerprint density at radius 1 is 0.829 bits per heavy atom. The lowest BCUT2D eigenvalue weighted by Gasteiger charge is -2.14. The van der Waals surface area contributed by atoms with Crippen LogP contribution in [0.5, 0.6) is 0 Å². The average Bonchev–Trinajstić information content (AvgIpc) is 2.80. The number of aromatic amines is 1. The number of amides is 1. The number of fused-ring (bicyclic) bond motifs is 1. The van der Waals surface area contributed by atoms with E-state index in [0.29, 0.717) is 34.2 Å². The number of benzene rings is 3. The van der Waals surface area contributed by atoms with Gasteiger partial charge in [-0.1, -0.05) is 30.3 Å². The van der Waals surface area contributed by atoms with Crippen molar-refractivity contribution in [2.45, 2.75) is 18.8 Å². The normalized spacial score (nSPS) is 12.1. The van der Waals surface area contributed by atoms with E-state index in [0.717, 1.165) is 0 Å². The number of halogens is 6. The van der Waals surface area contributed by atoms with E-state index in [1.807, 2.05) is 0 Å². The molecule has 4 rings (SSSR count). The molecular weight excluding hydrogens is 476 g/mol. The summed E-state index contributed by atoms with van der Waals surface area (Å²) < 4.78 is 78.6. The molecule has 0 saturated carbocycles. The molecule has 0 atom stereocenters. The van der Waals surface area contributed by atoms with E-state index in [9.17, 15) is 35.9 Å². The largest absolute Gasteiger partial charge is 0.416 e. The third-order valence-electron chi connectivity index (χ3n) is 5.18. The van der Waals surface area contributed by atoms with Gasteiger partial charge in [-0.2, -0.15) is 31.4 Å². The van der Waals surface area contributed by atoms with Crippen molar-refractivity contribution in [3.63, 3.8) is 0 Å². The van der Waals surface area contributed by atoms with Crippen molar-refractivity contribution in [1.82, 2.24) is 10.2 Å². The summed E-state index contributed by atoms with van der Waals surface area (Å²) in [5.41, 5.74) is -2.98. The average molecular weight is 491 g/mol. The van der Waals surface area contributed by atoms with E-state index in [-0.39, 0.29) is 23.7 Å². The summed E-state index contributed by atoms with van der Waals surface area (Å²) in [6.07, 6.45) is -9.89. The maximum atomic E-state index is 13.1. The number of aromatic nitrogens is 2. The standard InChI is InChI=1S/C24H15F6N3O2/c25-23(26,27)15-10-14(11-16(12-15)24(28,29)30)21(34)31-17-5-3-4-13(8-17)9-20-18-6-1-2-7-19(18)22(35)33-32-20/h1-8,10-12H,9H2,(H,31,34)(H,33,35). The topological polar surface area (TPSA) is 74.8 Å². The minimum Gasteiger partial charge on any atom is -0.322 e. The number of carbonyl (C=O) groups is 1. The van der Waals surface area contributed by atoms with Crippen LogP contribution in [0.15, 0.2) is 71.5 Å². The molecule has 0 bridgehead atoms. The Labute approximate surface area is 193 Å². The number of alkyl halides is 6. The van der Waals surface area contributed by atoms with Crippen LogP contribution in [-0.2, 0) is 18.8 Å². The van der Waals surface area contributed by atoms with Crippen molar-refractivity contribution in [3.05, 3.63) is 105 Å². The van der Waals surface area contributed by atoms with Crippen molar-refractivity contribution in [1.29, 1.82) is 0 Å². The fraction of sp³-hybridized carbons (Fsp3) is 0.125. The molecule has 0 aliphatic rings. The Bertz CT molecular complexity index is 1440. The molecule has 0 fully saturated rings. The van der Waals surface area contributed by atoms with Crippen LogP contribution in [0.3, 0.4) is 0 Å². The number of hydrogen-bond acceptors (Lipinski definition) is 3. The van der Waals surface area contributed by atoms with Crippen molar-refractivity contribution >= 4 is 22.4 Å². The maximum absolute atomic E-state index is 13.1. The zero-order valence-corrected chi connectivity index (χ0v) is 17.6. The molecular formula is C24H15F6N3O2. The highest BCUT2D eigenvalue weighted by atomic mass is 19.4. The van der Waals surface area contributed by atoms with Gasteiger partial charge in [0, 0.05) is 23.1 Å². The third-order valence-corrected chi connectivity index (χ3v) is 5.18. The number of H-pyrrole nitrogens is 1. The van der Waals surface area contributed by atoms with Gasteiger partial charge in [-0.25, -0.2) is 5.10 Å². The van der Waals surface area contributed by atoms with E-state index in [1.165, 1.54) is 12.1 Å². The predicted molar refractivity (Wildman–Crippen MR) is 116 cm³/mol. The van der Waals surface area contributed by atoms with Gasteiger partial charge in [0.05, 0.1) is 22.2 Å². The molecule has 1 heterocycles. The van der Waals surface area contributed by atoms with E-state index >= 15 is 0 Å². The molecule has 35 heavy (non-hydrogen) atoms. The highest BCUT2D eigenvalue weighted by Crippen LogP contribution is 2.36. The number of nitrogens with one attached hydrogen (secondary N) is 2. The fourth-order valence-electron chi connectivity index (χ4n) is 3.55. The summed E-state index contributed by atoms with van der Waals surface area (Å²) in [6, 6.07) is 13.7. The Morgan fingerprint density at radius 3 is 2.09 bits per heavy atom.